The van der Waals surface area contributed by atoms with Gasteiger partial charge >= 0.3 is 5.97 Å². The number of benzene rings is 1. The Morgan fingerprint density at radius 2 is 1.74 bits per heavy atom. The highest BCUT2D eigenvalue weighted by molar-refractivity contribution is 7.89. The predicted molar refractivity (Wildman–Crippen MR) is 85.0 cm³/mol. The van der Waals surface area contributed by atoms with E-state index in [1.54, 1.807) is 18.2 Å². The van der Waals surface area contributed by atoms with E-state index in [0.717, 1.165) is 8.87 Å². The topological polar surface area (TPSA) is 96.7 Å². The molecule has 23 heavy (non-hydrogen) atoms. The van der Waals surface area contributed by atoms with E-state index in [9.17, 15) is 18.0 Å². The van der Waals surface area contributed by atoms with Gasteiger partial charge in [-0.2, -0.15) is 0 Å². The molecule has 0 spiro atoms. The summed E-state index contributed by atoms with van der Waals surface area (Å²) in [6, 6.07) is 8.86. The molecule has 0 aliphatic carbocycles. The maximum atomic E-state index is 12.4. The third-order valence-corrected chi connectivity index (χ3v) is 5.33. The fourth-order valence-corrected chi connectivity index (χ4v) is 3.26. The molecule has 0 fully saturated rings. The van der Waals surface area contributed by atoms with E-state index in [2.05, 4.69) is 0 Å². The van der Waals surface area contributed by atoms with Crippen LogP contribution in [0.3, 0.4) is 0 Å². The van der Waals surface area contributed by atoms with E-state index in [4.69, 9.17) is 5.11 Å². The molecule has 0 aliphatic heterocycles. The van der Waals surface area contributed by atoms with Crippen LogP contribution >= 0.6 is 0 Å². The Bertz CT molecular complexity index is 929. The zero-order chi connectivity index (χ0) is 17.4. The lowest BCUT2D eigenvalue weighted by Crippen LogP contribution is -2.26. The van der Waals surface area contributed by atoms with Gasteiger partial charge in [0.15, 0.2) is 0 Å². The van der Waals surface area contributed by atoms with Gasteiger partial charge < -0.3 is 9.67 Å². The van der Waals surface area contributed by atoms with Crippen LogP contribution in [-0.2, 0) is 17.1 Å². The van der Waals surface area contributed by atoms with Crippen LogP contribution in [0.4, 0.5) is 0 Å². The Kier molecular flexibility index (Phi) is 4.39. The number of aromatic carboxylic acids is 1. The van der Waals surface area contributed by atoms with Gasteiger partial charge in [0.2, 0.25) is 10.0 Å². The summed E-state index contributed by atoms with van der Waals surface area (Å²) < 4.78 is 27.1. The van der Waals surface area contributed by atoms with Crippen molar-refractivity contribution in [3.8, 4) is 11.3 Å². The Morgan fingerprint density at radius 3 is 2.30 bits per heavy atom. The Labute approximate surface area is 133 Å². The molecule has 0 atom stereocenters. The van der Waals surface area contributed by atoms with Gasteiger partial charge in [0.1, 0.15) is 5.56 Å². The summed E-state index contributed by atoms with van der Waals surface area (Å²) in [7, 11) is 0.526. The van der Waals surface area contributed by atoms with Gasteiger partial charge in [0, 0.05) is 26.7 Å². The summed E-state index contributed by atoms with van der Waals surface area (Å²) in [5.74, 6) is -1.33. The first-order valence-electron chi connectivity index (χ1n) is 6.63. The average Bonchev–Trinajstić information content (AvgIpc) is 2.49. The first-order valence-corrected chi connectivity index (χ1v) is 8.07. The summed E-state index contributed by atoms with van der Waals surface area (Å²) in [6.07, 6.45) is 0. The Morgan fingerprint density at radius 1 is 1.13 bits per heavy atom. The van der Waals surface area contributed by atoms with Gasteiger partial charge in [0.25, 0.3) is 5.56 Å². The second-order valence-electron chi connectivity index (χ2n) is 5.09. The molecule has 2 aromatic rings. The molecule has 0 amide bonds. The highest BCUT2D eigenvalue weighted by atomic mass is 32.2. The van der Waals surface area contributed by atoms with Crippen LogP contribution in [0.25, 0.3) is 11.3 Å². The molecular formula is C15H16N2O5S. The van der Waals surface area contributed by atoms with Crippen molar-refractivity contribution < 1.29 is 18.3 Å². The molecule has 8 heteroatoms. The zero-order valence-electron chi connectivity index (χ0n) is 12.8. The van der Waals surface area contributed by atoms with Crippen molar-refractivity contribution in [1.29, 1.82) is 0 Å². The molecular weight excluding hydrogens is 320 g/mol. The van der Waals surface area contributed by atoms with Crippen LogP contribution in [0.15, 0.2) is 46.1 Å². The van der Waals surface area contributed by atoms with Crippen molar-refractivity contribution in [1.82, 2.24) is 8.87 Å². The van der Waals surface area contributed by atoms with Crippen molar-refractivity contribution in [3.63, 3.8) is 0 Å². The van der Waals surface area contributed by atoms with Crippen LogP contribution in [-0.4, -0.2) is 42.5 Å². The van der Waals surface area contributed by atoms with Crippen molar-refractivity contribution in [2.75, 3.05) is 14.1 Å². The molecule has 1 N–H and O–H groups in total. The molecule has 0 saturated carbocycles. The van der Waals surface area contributed by atoms with Gasteiger partial charge in [-0.1, -0.05) is 18.2 Å². The van der Waals surface area contributed by atoms with Crippen LogP contribution in [0.5, 0.6) is 0 Å². The van der Waals surface area contributed by atoms with Gasteiger partial charge in [-0.25, -0.2) is 17.5 Å². The average molecular weight is 336 g/mol. The maximum Gasteiger partial charge on any atom is 0.341 e. The zero-order valence-corrected chi connectivity index (χ0v) is 13.7. The molecule has 1 heterocycles. The molecule has 1 aromatic heterocycles. The van der Waals surface area contributed by atoms with E-state index in [1.165, 1.54) is 39.3 Å². The van der Waals surface area contributed by atoms with E-state index in [0.29, 0.717) is 11.3 Å². The summed E-state index contributed by atoms with van der Waals surface area (Å²) in [6.45, 7) is 0. The monoisotopic (exact) mass is 336 g/mol. The molecule has 0 unspecified atom stereocenters. The lowest BCUT2D eigenvalue weighted by Gasteiger charge is -2.17. The van der Waals surface area contributed by atoms with Gasteiger partial charge in [-0.05, 0) is 18.2 Å². The fourth-order valence-electron chi connectivity index (χ4n) is 2.17. The Hall–Kier alpha value is -2.45. The lowest BCUT2D eigenvalue weighted by atomic mass is 10.1. The van der Waals surface area contributed by atoms with Gasteiger partial charge in [-0.15, -0.1) is 0 Å². The number of nitrogens with zero attached hydrogens (tertiary/aromatic N) is 2. The maximum absolute atomic E-state index is 12.4. The summed E-state index contributed by atoms with van der Waals surface area (Å²) >= 11 is 0. The van der Waals surface area contributed by atoms with E-state index < -0.39 is 21.6 Å². The highest BCUT2D eigenvalue weighted by Crippen LogP contribution is 2.27. The number of sulfonamides is 1. The van der Waals surface area contributed by atoms with E-state index in [-0.39, 0.29) is 10.5 Å². The number of aromatic nitrogens is 1. The quantitative estimate of drug-likeness (QED) is 0.898. The van der Waals surface area contributed by atoms with Crippen LogP contribution in [0.1, 0.15) is 10.4 Å². The molecule has 0 saturated heterocycles. The summed E-state index contributed by atoms with van der Waals surface area (Å²) in [4.78, 5) is 23.2. The minimum absolute atomic E-state index is 0.0445. The normalized spacial score (nSPS) is 11.7. The minimum atomic E-state index is -3.71. The fraction of sp³-hybridized carbons (Fsp3) is 0.200. The number of carbonyl (C=O) groups is 1. The van der Waals surface area contributed by atoms with Crippen LogP contribution in [0.2, 0.25) is 0 Å². The van der Waals surface area contributed by atoms with E-state index >= 15 is 0 Å². The highest BCUT2D eigenvalue weighted by Gasteiger charge is 2.23. The predicted octanol–water partition coefficient (Wildman–Crippen LogP) is 1.00. The standard InChI is InChI=1S/C15H16N2O5S/c1-16(2)23(21,22)13-7-5-4-6-10(13)12-9-8-11(15(19)20)14(18)17(12)3/h4-9H,1-3H3,(H,19,20). The van der Waals surface area contributed by atoms with Gasteiger partial charge in [-0.3, -0.25) is 4.79 Å². The van der Waals surface area contributed by atoms with Crippen LogP contribution < -0.4 is 5.56 Å². The number of carboxylic acids is 1. The van der Waals surface area contributed by atoms with Crippen molar-refractivity contribution in [2.24, 2.45) is 7.05 Å². The van der Waals surface area contributed by atoms with Gasteiger partial charge in [0.05, 0.1) is 10.6 Å². The number of rotatable bonds is 4. The minimum Gasteiger partial charge on any atom is -0.477 e. The largest absolute Gasteiger partial charge is 0.477 e. The van der Waals surface area contributed by atoms with Crippen molar-refractivity contribution in [3.05, 3.63) is 52.3 Å². The van der Waals surface area contributed by atoms with Crippen molar-refractivity contribution in [2.45, 2.75) is 4.90 Å². The lowest BCUT2D eigenvalue weighted by molar-refractivity contribution is 0.0694. The number of carboxylic acid groups (broad SMARTS) is 1. The molecule has 0 bridgehead atoms. The molecule has 122 valence electrons. The van der Waals surface area contributed by atoms with Crippen molar-refractivity contribution >= 4 is 16.0 Å². The third-order valence-electron chi connectivity index (χ3n) is 3.46. The summed E-state index contributed by atoms with van der Waals surface area (Å²) in [5.41, 5.74) is -0.421. The number of hydrogen-bond acceptors (Lipinski definition) is 4. The first-order chi connectivity index (χ1) is 10.7. The number of pyridine rings is 1. The SMILES string of the molecule is CN(C)S(=O)(=O)c1ccccc1-c1ccc(C(=O)O)c(=O)n1C. The van der Waals surface area contributed by atoms with Crippen LogP contribution in [0, 0.1) is 0 Å². The second-order valence-corrected chi connectivity index (χ2v) is 7.21. The second kappa shape index (κ2) is 5.98. The third kappa shape index (κ3) is 2.90. The molecule has 1 aromatic carbocycles. The van der Waals surface area contributed by atoms with E-state index in [1.807, 2.05) is 0 Å². The molecule has 0 radical (unpaired) electrons. The molecule has 0 aliphatic rings. The molecule has 7 nitrogen and oxygen atoms in total. The summed E-state index contributed by atoms with van der Waals surface area (Å²) in [5, 5.41) is 8.99. The molecule has 2 rings (SSSR count). The smallest absolute Gasteiger partial charge is 0.341 e. The first kappa shape index (κ1) is 16.9. The number of hydrogen-bond donors (Lipinski definition) is 1. The Balaban J connectivity index is 2.78.